The second-order valence-electron chi connectivity index (χ2n) is 14.4. The zero-order chi connectivity index (χ0) is 41.1. The number of hydrogen-bond donors (Lipinski definition) is 4. The number of phenolic OH excluding ortho intramolecular Hbond substituents is 2. The first kappa shape index (κ1) is 39.3. The van der Waals surface area contributed by atoms with Gasteiger partial charge in [0.1, 0.15) is 39.6 Å². The number of Topliss-reactive ketones (excluding diaryl/α,β-unsaturated/α-hetero) is 1. The van der Waals surface area contributed by atoms with E-state index in [4.69, 9.17) is 23.4 Å². The van der Waals surface area contributed by atoms with Gasteiger partial charge in [-0.2, -0.15) is 5.26 Å². The molecule has 300 valence electrons. The van der Waals surface area contributed by atoms with Crippen LogP contribution in [0, 0.1) is 21.4 Å². The quantitative estimate of drug-likeness (QED) is 0.113. The van der Waals surface area contributed by atoms with Gasteiger partial charge < -0.3 is 48.7 Å². The SMILES string of the molecule is COc1cccc2c1C(=O)c1c(O)c3c(c(O)c1C2=O)C[C@@](O)(C(C)=O)C[C@@H]3O[C@H]1CC(N2CCN(C(=O)OCc3ccc([N+](=O)[O-])o3)CC2C#N)[C@H](O)[C@H](C)O1. The van der Waals surface area contributed by atoms with Gasteiger partial charge in [-0.05, 0) is 26.0 Å². The Hall–Kier alpha value is -5.91. The third-order valence-corrected chi connectivity index (χ3v) is 11.1. The van der Waals surface area contributed by atoms with Crippen molar-refractivity contribution in [3.63, 3.8) is 0 Å². The van der Waals surface area contributed by atoms with Crippen molar-refractivity contribution in [3.05, 3.63) is 79.6 Å². The number of ether oxygens (including phenoxy) is 4. The summed E-state index contributed by atoms with van der Waals surface area (Å²) in [6.07, 6.45) is -6.52. The number of carbonyl (C=O) groups excluding carboxylic acids is 4. The van der Waals surface area contributed by atoms with Gasteiger partial charge in [-0.25, -0.2) is 4.79 Å². The minimum absolute atomic E-state index is 0.0484. The Morgan fingerprint density at radius 3 is 2.51 bits per heavy atom. The summed E-state index contributed by atoms with van der Waals surface area (Å²) in [6.45, 7) is 2.36. The molecule has 19 nitrogen and oxygen atoms in total. The molecule has 2 unspecified atom stereocenters. The zero-order valence-electron chi connectivity index (χ0n) is 30.9. The summed E-state index contributed by atoms with van der Waals surface area (Å²) in [5, 5.41) is 67.5. The fourth-order valence-electron chi connectivity index (χ4n) is 8.17. The van der Waals surface area contributed by atoms with Crippen LogP contribution in [0.15, 0.2) is 34.7 Å². The number of amides is 1. The molecule has 7 rings (SSSR count). The summed E-state index contributed by atoms with van der Waals surface area (Å²) in [5.74, 6) is -4.08. The van der Waals surface area contributed by atoms with E-state index in [1.165, 1.54) is 36.3 Å². The van der Waals surface area contributed by atoms with E-state index in [9.17, 15) is 55.0 Å². The smallest absolute Gasteiger partial charge is 0.433 e. The maximum atomic E-state index is 14.0. The third kappa shape index (κ3) is 6.74. The van der Waals surface area contributed by atoms with Gasteiger partial charge in [0, 0.05) is 55.1 Å². The molecule has 2 aromatic carbocycles. The molecule has 2 fully saturated rings. The van der Waals surface area contributed by atoms with Gasteiger partial charge in [-0.1, -0.05) is 12.1 Å². The van der Waals surface area contributed by atoms with Crippen LogP contribution in [0.1, 0.15) is 81.5 Å². The van der Waals surface area contributed by atoms with Crippen molar-refractivity contribution < 1.29 is 67.9 Å². The first-order valence-corrected chi connectivity index (χ1v) is 18.0. The van der Waals surface area contributed by atoms with Crippen LogP contribution in [0.25, 0.3) is 0 Å². The predicted molar refractivity (Wildman–Crippen MR) is 189 cm³/mol. The molecule has 4 aliphatic rings. The van der Waals surface area contributed by atoms with Crippen molar-refractivity contribution in [3.8, 4) is 23.3 Å². The van der Waals surface area contributed by atoms with Crippen molar-refractivity contribution in [2.45, 2.75) is 82.0 Å². The zero-order valence-corrected chi connectivity index (χ0v) is 30.9. The van der Waals surface area contributed by atoms with Crippen molar-refractivity contribution >= 4 is 29.3 Å². The Balaban J connectivity index is 1.14. The fraction of sp³-hybridized carbons (Fsp3) is 0.447. The molecule has 19 heteroatoms. The second-order valence-corrected chi connectivity index (χ2v) is 14.4. The first-order chi connectivity index (χ1) is 27.1. The van der Waals surface area contributed by atoms with Crippen LogP contribution < -0.4 is 4.74 Å². The van der Waals surface area contributed by atoms with Crippen LogP contribution in [0.5, 0.6) is 17.2 Å². The standard InChI is InChI=1S/C38H38N4O15/c1-17-32(44)23(41-10-9-40(15-19(41)14-39)37(49)54-16-20-7-8-26(56-20)42(51)52)11-27(55-17)57-25-13-38(50,18(2)43)12-22-29(25)36(48)31-30(34(22)46)33(45)21-5-4-6-24(53-3)28(21)35(31)47/h4-8,17,19,23,25,27,32,44,46,48,50H,9-13,15-16H2,1-3H3/t17-,19?,23?,25-,27-,32+,38-/m0/s1. The van der Waals surface area contributed by atoms with Crippen molar-refractivity contribution in [1.82, 2.24) is 9.80 Å². The maximum absolute atomic E-state index is 14.0. The average molecular weight is 791 g/mol. The van der Waals surface area contributed by atoms with E-state index < -0.39 is 112 Å². The van der Waals surface area contributed by atoms with Crippen LogP contribution >= 0.6 is 0 Å². The Kier molecular flexibility index (Phi) is 10.3. The number of piperazine rings is 1. The molecule has 1 amide bonds. The number of rotatable bonds is 8. The van der Waals surface area contributed by atoms with E-state index in [0.717, 1.165) is 13.0 Å². The molecule has 3 aromatic rings. The number of nitrogens with zero attached hydrogens (tertiary/aromatic N) is 4. The molecule has 2 aliphatic carbocycles. The highest BCUT2D eigenvalue weighted by Gasteiger charge is 2.50. The molecule has 4 N–H and O–H groups in total. The maximum Gasteiger partial charge on any atom is 0.433 e. The van der Waals surface area contributed by atoms with Crippen molar-refractivity contribution in [1.29, 1.82) is 5.26 Å². The molecule has 0 saturated carbocycles. The number of aliphatic hydroxyl groups excluding tert-OH is 1. The number of benzene rings is 2. The van der Waals surface area contributed by atoms with E-state index >= 15 is 0 Å². The molecular formula is C38H38N4O15. The molecule has 2 aliphatic heterocycles. The Morgan fingerprint density at radius 1 is 1.11 bits per heavy atom. The van der Waals surface area contributed by atoms with Crippen molar-refractivity contribution in [2.75, 3.05) is 26.7 Å². The third-order valence-electron chi connectivity index (χ3n) is 11.1. The summed E-state index contributed by atoms with van der Waals surface area (Å²) in [7, 11) is 1.31. The van der Waals surface area contributed by atoms with Gasteiger partial charge in [0.05, 0.1) is 60.8 Å². The normalized spacial score (nSPS) is 27.1. The summed E-state index contributed by atoms with van der Waals surface area (Å²) in [5.41, 5.74) is -3.64. The Labute approximate surface area is 323 Å². The summed E-state index contributed by atoms with van der Waals surface area (Å²) < 4.78 is 28.0. The van der Waals surface area contributed by atoms with Crippen LogP contribution in [0.2, 0.25) is 0 Å². The number of phenols is 2. The van der Waals surface area contributed by atoms with E-state index in [1.807, 2.05) is 0 Å². The number of nitro groups is 1. The lowest BCUT2D eigenvalue weighted by Gasteiger charge is -2.48. The number of furan rings is 1. The molecule has 0 bridgehead atoms. The predicted octanol–water partition coefficient (Wildman–Crippen LogP) is 2.42. The average Bonchev–Trinajstić information content (AvgIpc) is 3.67. The second kappa shape index (κ2) is 14.9. The monoisotopic (exact) mass is 790 g/mol. The van der Waals surface area contributed by atoms with Gasteiger partial charge >= 0.3 is 12.0 Å². The molecule has 3 heterocycles. The highest BCUT2D eigenvalue weighted by molar-refractivity contribution is 6.31. The number of ketones is 3. The lowest BCUT2D eigenvalue weighted by atomic mass is 9.72. The van der Waals surface area contributed by atoms with Crippen LogP contribution in [-0.2, 0) is 32.0 Å². The van der Waals surface area contributed by atoms with Crippen LogP contribution in [0.4, 0.5) is 10.7 Å². The molecule has 1 aromatic heterocycles. The summed E-state index contributed by atoms with van der Waals surface area (Å²) >= 11 is 0. The fourth-order valence-corrected chi connectivity index (χ4v) is 8.17. The van der Waals surface area contributed by atoms with Crippen LogP contribution in [0.3, 0.4) is 0 Å². The van der Waals surface area contributed by atoms with Gasteiger partial charge in [0.25, 0.3) is 0 Å². The summed E-state index contributed by atoms with van der Waals surface area (Å²) in [4.78, 5) is 66.7. The van der Waals surface area contributed by atoms with Gasteiger partial charge in [-0.3, -0.25) is 29.4 Å². The number of nitriles is 1. The lowest BCUT2D eigenvalue weighted by molar-refractivity contribution is -0.402. The number of methoxy groups -OCH3 is 1. The van der Waals surface area contributed by atoms with Gasteiger partial charge in [0.15, 0.2) is 24.5 Å². The molecule has 2 saturated heterocycles. The molecule has 0 radical (unpaired) electrons. The number of fused-ring (bicyclic) bond motifs is 3. The van der Waals surface area contributed by atoms with Gasteiger partial charge in [0.2, 0.25) is 5.78 Å². The molecule has 57 heavy (non-hydrogen) atoms. The minimum Gasteiger partial charge on any atom is -0.507 e. The Morgan fingerprint density at radius 2 is 1.84 bits per heavy atom. The van der Waals surface area contributed by atoms with E-state index in [-0.39, 0.29) is 66.4 Å². The lowest BCUT2D eigenvalue weighted by Crippen LogP contribution is -2.63. The largest absolute Gasteiger partial charge is 0.507 e. The number of hydrogen-bond acceptors (Lipinski definition) is 17. The minimum atomic E-state index is -2.14. The van der Waals surface area contributed by atoms with Crippen molar-refractivity contribution in [2.24, 2.45) is 0 Å². The van der Waals surface area contributed by atoms with Crippen LogP contribution in [-0.4, -0.2) is 122 Å². The number of carbonyl (C=O) groups is 4. The number of aromatic hydroxyl groups is 2. The highest BCUT2D eigenvalue weighted by Crippen LogP contribution is 2.52. The van der Waals surface area contributed by atoms with E-state index in [0.29, 0.717) is 0 Å². The highest BCUT2D eigenvalue weighted by atomic mass is 16.7. The van der Waals surface area contributed by atoms with E-state index in [2.05, 4.69) is 6.07 Å². The molecule has 7 atom stereocenters. The topological polar surface area (TPSA) is 273 Å². The number of aliphatic hydroxyl groups is 2. The van der Waals surface area contributed by atoms with Gasteiger partial charge in [-0.15, -0.1) is 0 Å². The van der Waals surface area contributed by atoms with E-state index in [1.54, 1.807) is 11.8 Å². The first-order valence-electron chi connectivity index (χ1n) is 18.0. The molecule has 0 spiro atoms. The molecular weight excluding hydrogens is 752 g/mol. The summed E-state index contributed by atoms with van der Waals surface area (Å²) in [6, 6.07) is 7.17. The Bertz CT molecular complexity index is 2230.